The summed E-state index contributed by atoms with van der Waals surface area (Å²) >= 11 is 7.45. The third-order valence-corrected chi connectivity index (χ3v) is 3.48. The van der Waals surface area contributed by atoms with E-state index in [-0.39, 0.29) is 5.78 Å². The van der Waals surface area contributed by atoms with Crippen molar-refractivity contribution in [2.75, 3.05) is 0 Å². The minimum atomic E-state index is -0.0388. The Morgan fingerprint density at radius 2 is 1.94 bits per heavy atom. The van der Waals surface area contributed by atoms with Crippen LogP contribution < -0.4 is 0 Å². The van der Waals surface area contributed by atoms with E-state index in [4.69, 9.17) is 11.6 Å². The highest BCUT2D eigenvalue weighted by Crippen LogP contribution is 2.28. The van der Waals surface area contributed by atoms with Crippen molar-refractivity contribution in [3.05, 3.63) is 46.7 Å². The minimum absolute atomic E-state index is 0.0388. The van der Waals surface area contributed by atoms with Crippen molar-refractivity contribution in [1.82, 2.24) is 9.97 Å². The molecule has 1 aromatic heterocycles. The second-order valence-corrected chi connectivity index (χ2v) is 5.29. The molecule has 0 aliphatic heterocycles. The van der Waals surface area contributed by atoms with Crippen molar-refractivity contribution in [1.29, 1.82) is 0 Å². The standard InChI is InChI=1S/C13H11ClN2OS/c1-8-6-15-13(16-7-8)18-10-3-4-11(9(2)17)12(14)5-10/h3-7H,1-2H3. The molecule has 0 radical (unpaired) electrons. The number of halogens is 1. The molecular formula is C13H11ClN2OS. The summed E-state index contributed by atoms with van der Waals surface area (Å²) in [6.07, 6.45) is 3.53. The molecule has 0 spiro atoms. The number of carbonyl (C=O) groups excluding carboxylic acids is 1. The minimum Gasteiger partial charge on any atom is -0.294 e. The monoisotopic (exact) mass is 278 g/mol. The maximum atomic E-state index is 11.3. The van der Waals surface area contributed by atoms with Gasteiger partial charge in [-0.1, -0.05) is 11.6 Å². The van der Waals surface area contributed by atoms with Gasteiger partial charge in [0.25, 0.3) is 0 Å². The van der Waals surface area contributed by atoms with Gasteiger partial charge in [-0.2, -0.15) is 0 Å². The van der Waals surface area contributed by atoms with Crippen LogP contribution >= 0.6 is 23.4 Å². The average molecular weight is 279 g/mol. The Morgan fingerprint density at radius 3 is 2.50 bits per heavy atom. The SMILES string of the molecule is CC(=O)c1ccc(Sc2ncc(C)cn2)cc1Cl. The summed E-state index contributed by atoms with van der Waals surface area (Å²) in [4.78, 5) is 20.6. The molecule has 2 rings (SSSR count). The number of nitrogens with zero attached hydrogens (tertiary/aromatic N) is 2. The van der Waals surface area contributed by atoms with Gasteiger partial charge in [0.15, 0.2) is 10.9 Å². The Balaban J connectivity index is 2.22. The maximum absolute atomic E-state index is 11.3. The summed E-state index contributed by atoms with van der Waals surface area (Å²) in [5, 5.41) is 1.12. The topological polar surface area (TPSA) is 42.9 Å². The van der Waals surface area contributed by atoms with Crippen molar-refractivity contribution in [2.45, 2.75) is 23.9 Å². The number of carbonyl (C=O) groups is 1. The van der Waals surface area contributed by atoms with Crippen LogP contribution in [0.15, 0.2) is 40.6 Å². The molecule has 0 saturated carbocycles. The van der Waals surface area contributed by atoms with Crippen molar-refractivity contribution in [3.63, 3.8) is 0 Å². The molecule has 1 aromatic carbocycles. The highest BCUT2D eigenvalue weighted by atomic mass is 35.5. The molecular weight excluding hydrogens is 268 g/mol. The van der Waals surface area contributed by atoms with Crippen LogP contribution in [0.3, 0.4) is 0 Å². The van der Waals surface area contributed by atoms with Crippen molar-refractivity contribution in [3.8, 4) is 0 Å². The van der Waals surface area contributed by atoms with Gasteiger partial charge < -0.3 is 0 Å². The number of rotatable bonds is 3. The molecule has 0 bridgehead atoms. The normalized spacial score (nSPS) is 10.4. The second-order valence-electron chi connectivity index (χ2n) is 3.84. The first-order valence-electron chi connectivity index (χ1n) is 5.33. The molecule has 0 unspecified atom stereocenters. The summed E-state index contributed by atoms with van der Waals surface area (Å²) in [6, 6.07) is 5.32. The smallest absolute Gasteiger partial charge is 0.192 e. The summed E-state index contributed by atoms with van der Waals surface area (Å²) < 4.78 is 0. The lowest BCUT2D eigenvalue weighted by Gasteiger charge is -2.04. The third-order valence-electron chi connectivity index (χ3n) is 2.29. The zero-order chi connectivity index (χ0) is 13.1. The van der Waals surface area contributed by atoms with Crippen molar-refractivity contribution in [2.24, 2.45) is 0 Å². The Kier molecular flexibility index (Phi) is 3.99. The van der Waals surface area contributed by atoms with Crippen LogP contribution in [-0.4, -0.2) is 15.8 Å². The number of aromatic nitrogens is 2. The Hall–Kier alpha value is -1.39. The van der Waals surface area contributed by atoms with Gasteiger partial charge in [0.05, 0.1) is 5.02 Å². The van der Waals surface area contributed by atoms with Gasteiger partial charge in [0.2, 0.25) is 0 Å². The Labute approximate surface area is 115 Å². The molecule has 0 atom stereocenters. The lowest BCUT2D eigenvalue weighted by Crippen LogP contribution is -1.93. The average Bonchev–Trinajstić information content (AvgIpc) is 2.32. The second kappa shape index (κ2) is 5.50. The van der Waals surface area contributed by atoms with E-state index in [1.54, 1.807) is 24.5 Å². The zero-order valence-electron chi connectivity index (χ0n) is 9.98. The van der Waals surface area contributed by atoms with Gasteiger partial charge in [-0.3, -0.25) is 4.79 Å². The van der Waals surface area contributed by atoms with Crippen LogP contribution in [-0.2, 0) is 0 Å². The molecule has 2 aromatic rings. The molecule has 5 heteroatoms. The first-order valence-corrected chi connectivity index (χ1v) is 6.52. The largest absolute Gasteiger partial charge is 0.294 e. The van der Waals surface area contributed by atoms with Gasteiger partial charge >= 0.3 is 0 Å². The number of ketones is 1. The summed E-state index contributed by atoms with van der Waals surface area (Å²) in [5.41, 5.74) is 1.55. The molecule has 18 heavy (non-hydrogen) atoms. The fourth-order valence-corrected chi connectivity index (χ4v) is 2.50. The van der Waals surface area contributed by atoms with Crippen LogP contribution in [0.5, 0.6) is 0 Å². The molecule has 0 N–H and O–H groups in total. The van der Waals surface area contributed by atoms with Crippen LogP contribution in [0, 0.1) is 6.92 Å². The highest BCUT2D eigenvalue weighted by molar-refractivity contribution is 7.99. The van der Waals surface area contributed by atoms with E-state index >= 15 is 0 Å². The van der Waals surface area contributed by atoms with Crippen molar-refractivity contribution >= 4 is 29.1 Å². The fourth-order valence-electron chi connectivity index (χ4n) is 1.38. The van der Waals surface area contributed by atoms with Gasteiger partial charge in [-0.25, -0.2) is 9.97 Å². The lowest BCUT2D eigenvalue weighted by atomic mass is 10.1. The predicted molar refractivity (Wildman–Crippen MR) is 72.3 cm³/mol. The molecule has 1 heterocycles. The summed E-state index contributed by atoms with van der Waals surface area (Å²) in [5.74, 6) is -0.0388. The van der Waals surface area contributed by atoms with Crippen molar-refractivity contribution < 1.29 is 4.79 Å². The van der Waals surface area contributed by atoms with Crippen LogP contribution in [0.4, 0.5) is 0 Å². The van der Waals surface area contributed by atoms with E-state index in [1.807, 2.05) is 13.0 Å². The lowest BCUT2D eigenvalue weighted by molar-refractivity contribution is 0.101. The Morgan fingerprint density at radius 1 is 1.28 bits per heavy atom. The maximum Gasteiger partial charge on any atom is 0.192 e. The van der Waals surface area contributed by atoms with Gasteiger partial charge in [0.1, 0.15) is 0 Å². The van der Waals surface area contributed by atoms with Gasteiger partial charge in [0, 0.05) is 22.9 Å². The molecule has 0 saturated heterocycles. The number of hydrogen-bond acceptors (Lipinski definition) is 4. The number of benzene rings is 1. The molecule has 0 aliphatic carbocycles. The van der Waals surface area contributed by atoms with E-state index in [0.717, 1.165) is 10.5 Å². The number of aryl methyl sites for hydroxylation is 1. The molecule has 3 nitrogen and oxygen atoms in total. The van der Waals surface area contributed by atoms with Crippen LogP contribution in [0.25, 0.3) is 0 Å². The summed E-state index contributed by atoms with van der Waals surface area (Å²) in [7, 11) is 0. The number of Topliss-reactive ketones (excluding diaryl/α,β-unsaturated/α-hetero) is 1. The van der Waals surface area contributed by atoms with Crippen LogP contribution in [0.2, 0.25) is 5.02 Å². The third kappa shape index (κ3) is 3.09. The fraction of sp³-hybridized carbons (Fsp3) is 0.154. The van der Waals surface area contributed by atoms with Crippen LogP contribution in [0.1, 0.15) is 22.8 Å². The van der Waals surface area contributed by atoms with E-state index in [9.17, 15) is 4.79 Å². The van der Waals surface area contributed by atoms with E-state index in [2.05, 4.69) is 9.97 Å². The molecule has 0 aliphatic rings. The number of hydrogen-bond donors (Lipinski definition) is 0. The van der Waals surface area contributed by atoms with E-state index in [1.165, 1.54) is 18.7 Å². The van der Waals surface area contributed by atoms with Gasteiger partial charge in [-0.15, -0.1) is 0 Å². The van der Waals surface area contributed by atoms with Gasteiger partial charge in [-0.05, 0) is 49.4 Å². The summed E-state index contributed by atoms with van der Waals surface area (Å²) in [6.45, 7) is 3.43. The molecule has 0 fully saturated rings. The zero-order valence-corrected chi connectivity index (χ0v) is 11.5. The molecule has 0 amide bonds. The molecule has 92 valence electrons. The highest BCUT2D eigenvalue weighted by Gasteiger charge is 2.07. The first-order chi connectivity index (χ1) is 8.56. The Bertz CT molecular complexity index is 584. The van der Waals surface area contributed by atoms with E-state index < -0.39 is 0 Å². The first kappa shape index (κ1) is 13.1. The quantitative estimate of drug-likeness (QED) is 0.633. The predicted octanol–water partition coefficient (Wildman–Crippen LogP) is 3.79. The van der Waals surface area contributed by atoms with E-state index in [0.29, 0.717) is 15.7 Å².